The third-order valence-corrected chi connectivity index (χ3v) is 7.97. The van der Waals surface area contributed by atoms with Crippen LogP contribution in [0.1, 0.15) is 43.2 Å². The van der Waals surface area contributed by atoms with Crippen LogP contribution < -0.4 is 25.3 Å². The van der Waals surface area contributed by atoms with Gasteiger partial charge in [0.05, 0.1) is 0 Å². The molecular weight excluding hydrogens is 478 g/mol. The molecule has 3 aliphatic rings. The van der Waals surface area contributed by atoms with Crippen LogP contribution in [0.25, 0.3) is 0 Å². The van der Waals surface area contributed by atoms with E-state index in [2.05, 4.69) is 86.0 Å². The number of fused-ring (bicyclic) bond motifs is 1. The predicted octanol–water partition coefficient (Wildman–Crippen LogP) is 4.94. The van der Waals surface area contributed by atoms with Crippen molar-refractivity contribution in [2.24, 2.45) is 0 Å². The van der Waals surface area contributed by atoms with E-state index in [1.807, 2.05) is 0 Å². The summed E-state index contributed by atoms with van der Waals surface area (Å²) in [5.41, 5.74) is 4.01. The molecular formula is C29H35N7S. The van der Waals surface area contributed by atoms with Crippen molar-refractivity contribution in [1.82, 2.24) is 15.3 Å². The molecule has 8 heteroatoms. The molecule has 3 heterocycles. The highest BCUT2D eigenvalue weighted by Crippen LogP contribution is 2.30. The Bertz CT molecular complexity index is 1190. The van der Waals surface area contributed by atoms with Gasteiger partial charge in [-0.1, -0.05) is 61.7 Å². The molecule has 1 saturated carbocycles. The first-order valence-corrected chi connectivity index (χ1v) is 14.0. The molecule has 0 spiro atoms. The van der Waals surface area contributed by atoms with Crippen LogP contribution in [0.4, 0.5) is 23.3 Å². The smallest absolute Gasteiger partial charge is 0.232 e. The fraction of sp³-hybridized carbons (Fsp3) is 0.414. The Morgan fingerprint density at radius 1 is 0.730 bits per heavy atom. The van der Waals surface area contributed by atoms with Crippen LogP contribution in [0.15, 0.2) is 60.7 Å². The average molecular weight is 514 g/mol. The van der Waals surface area contributed by atoms with Gasteiger partial charge in [-0.25, -0.2) is 0 Å². The van der Waals surface area contributed by atoms with Crippen LogP contribution in [0, 0.1) is 0 Å². The fourth-order valence-electron chi connectivity index (χ4n) is 5.70. The van der Waals surface area contributed by atoms with Gasteiger partial charge < -0.3 is 25.3 Å². The predicted molar refractivity (Wildman–Crippen MR) is 155 cm³/mol. The number of nitrogens with zero attached hydrogens (tertiary/aromatic N) is 5. The lowest BCUT2D eigenvalue weighted by Crippen LogP contribution is -2.47. The molecule has 192 valence electrons. The van der Waals surface area contributed by atoms with Gasteiger partial charge >= 0.3 is 0 Å². The summed E-state index contributed by atoms with van der Waals surface area (Å²) < 4.78 is 0. The van der Waals surface area contributed by atoms with E-state index in [1.54, 1.807) is 0 Å². The number of para-hydroxylation sites is 1. The standard InChI is InChI=1S/C29H35N7S/c37-29(30-24-11-3-1-4-12-24)33-28-31-26(35-17-15-34(16-18-35)25-13-5-2-6-14-25)19-27(32-28)36-20-22-9-7-8-10-23(22)21-36/h2,5-10,13-14,19,24H,1,3-4,11-12,15-18,20-21H2,(H2,30,31,32,33,37). The molecule has 3 aromatic rings. The SMILES string of the molecule is S=C(Nc1nc(N2CCN(c3ccccc3)CC2)cc(N2Cc3ccccc3C2)n1)NC1CCCCC1. The fourth-order valence-corrected chi connectivity index (χ4v) is 5.96. The van der Waals surface area contributed by atoms with E-state index in [0.29, 0.717) is 17.1 Å². The summed E-state index contributed by atoms with van der Waals surface area (Å²) in [7, 11) is 0. The van der Waals surface area contributed by atoms with Crippen molar-refractivity contribution < 1.29 is 0 Å². The average Bonchev–Trinajstić information content (AvgIpc) is 3.39. The highest BCUT2D eigenvalue weighted by Gasteiger charge is 2.24. The Labute approximate surface area is 224 Å². The summed E-state index contributed by atoms with van der Waals surface area (Å²) in [5.74, 6) is 2.47. The van der Waals surface area contributed by atoms with Crippen molar-refractivity contribution in [3.8, 4) is 0 Å². The first-order chi connectivity index (χ1) is 18.2. The van der Waals surface area contributed by atoms with Gasteiger partial charge in [0.15, 0.2) is 5.11 Å². The van der Waals surface area contributed by atoms with Gasteiger partial charge in [-0.15, -0.1) is 0 Å². The van der Waals surface area contributed by atoms with Crippen LogP contribution in [-0.2, 0) is 13.1 Å². The molecule has 7 nitrogen and oxygen atoms in total. The number of hydrogen-bond acceptors (Lipinski definition) is 6. The van der Waals surface area contributed by atoms with Gasteiger partial charge in [-0.2, -0.15) is 9.97 Å². The lowest BCUT2D eigenvalue weighted by Gasteiger charge is -2.37. The summed E-state index contributed by atoms with van der Waals surface area (Å²) in [4.78, 5) is 17.0. The maximum Gasteiger partial charge on any atom is 0.232 e. The first kappa shape index (κ1) is 24.0. The summed E-state index contributed by atoms with van der Waals surface area (Å²) in [6.07, 6.45) is 6.20. The maximum atomic E-state index is 5.68. The monoisotopic (exact) mass is 513 g/mol. The molecule has 0 atom stereocenters. The molecule has 1 aliphatic carbocycles. The van der Waals surface area contributed by atoms with Gasteiger partial charge in [0.2, 0.25) is 5.95 Å². The van der Waals surface area contributed by atoms with E-state index in [9.17, 15) is 0 Å². The molecule has 37 heavy (non-hydrogen) atoms. The van der Waals surface area contributed by atoms with Gasteiger partial charge in [-0.05, 0) is 48.3 Å². The largest absolute Gasteiger partial charge is 0.368 e. The molecule has 0 unspecified atom stereocenters. The zero-order valence-corrected chi connectivity index (χ0v) is 22.1. The Morgan fingerprint density at radius 2 is 1.32 bits per heavy atom. The molecule has 1 saturated heterocycles. The summed E-state index contributed by atoms with van der Waals surface area (Å²) in [5, 5.41) is 7.44. The van der Waals surface area contributed by atoms with Gasteiger partial charge in [0.25, 0.3) is 0 Å². The molecule has 2 aromatic carbocycles. The van der Waals surface area contributed by atoms with Crippen molar-refractivity contribution >= 4 is 40.6 Å². The Kier molecular flexibility index (Phi) is 7.08. The zero-order valence-electron chi connectivity index (χ0n) is 21.3. The molecule has 6 rings (SSSR count). The molecule has 2 aliphatic heterocycles. The van der Waals surface area contributed by atoms with Crippen molar-refractivity contribution in [3.05, 3.63) is 71.8 Å². The molecule has 0 radical (unpaired) electrons. The third kappa shape index (κ3) is 5.64. The number of aromatic nitrogens is 2. The minimum absolute atomic E-state index is 0.440. The normalized spacial score (nSPS) is 18.0. The second kappa shape index (κ2) is 10.9. The first-order valence-electron chi connectivity index (χ1n) is 13.5. The third-order valence-electron chi connectivity index (χ3n) is 7.75. The Morgan fingerprint density at radius 3 is 2.00 bits per heavy atom. The van der Waals surface area contributed by atoms with Gasteiger partial charge in [0.1, 0.15) is 11.6 Å². The zero-order chi connectivity index (χ0) is 25.0. The van der Waals surface area contributed by atoms with E-state index in [0.717, 1.165) is 50.9 Å². The molecule has 1 aromatic heterocycles. The number of thiocarbonyl (C=S) groups is 1. The van der Waals surface area contributed by atoms with Crippen LogP contribution in [0.5, 0.6) is 0 Å². The highest BCUT2D eigenvalue weighted by atomic mass is 32.1. The minimum atomic E-state index is 0.440. The van der Waals surface area contributed by atoms with Crippen LogP contribution in [-0.4, -0.2) is 47.3 Å². The molecule has 0 bridgehead atoms. The second-order valence-electron chi connectivity index (χ2n) is 10.3. The van der Waals surface area contributed by atoms with E-state index < -0.39 is 0 Å². The van der Waals surface area contributed by atoms with Crippen LogP contribution in [0.2, 0.25) is 0 Å². The lowest BCUT2D eigenvalue weighted by atomic mass is 9.96. The summed E-state index contributed by atoms with van der Waals surface area (Å²) in [6, 6.07) is 21.9. The molecule has 2 fully saturated rings. The van der Waals surface area contributed by atoms with E-state index in [1.165, 1.54) is 48.9 Å². The van der Waals surface area contributed by atoms with E-state index >= 15 is 0 Å². The quantitative estimate of drug-likeness (QED) is 0.465. The van der Waals surface area contributed by atoms with Crippen molar-refractivity contribution in [2.75, 3.05) is 46.2 Å². The van der Waals surface area contributed by atoms with E-state index in [4.69, 9.17) is 22.2 Å². The van der Waals surface area contributed by atoms with Crippen molar-refractivity contribution in [2.45, 2.75) is 51.2 Å². The Hall–Kier alpha value is -3.39. The van der Waals surface area contributed by atoms with Gasteiger partial charge in [-0.3, -0.25) is 0 Å². The second-order valence-corrected chi connectivity index (χ2v) is 10.7. The topological polar surface area (TPSA) is 59.6 Å². The van der Waals surface area contributed by atoms with Crippen LogP contribution in [0.3, 0.4) is 0 Å². The highest BCUT2D eigenvalue weighted by molar-refractivity contribution is 7.80. The van der Waals surface area contributed by atoms with Crippen molar-refractivity contribution in [1.29, 1.82) is 0 Å². The van der Waals surface area contributed by atoms with Gasteiger partial charge in [0, 0.05) is 57.1 Å². The molecule has 0 amide bonds. The number of hydrogen-bond donors (Lipinski definition) is 2. The molecule has 2 N–H and O–H groups in total. The number of rotatable bonds is 5. The lowest BCUT2D eigenvalue weighted by molar-refractivity contribution is 0.414. The van der Waals surface area contributed by atoms with Crippen molar-refractivity contribution in [3.63, 3.8) is 0 Å². The maximum absolute atomic E-state index is 5.68. The number of piperazine rings is 1. The number of benzene rings is 2. The minimum Gasteiger partial charge on any atom is -0.368 e. The van der Waals surface area contributed by atoms with E-state index in [-0.39, 0.29) is 0 Å². The number of anilines is 4. The Balaban J connectivity index is 1.21. The summed E-state index contributed by atoms with van der Waals surface area (Å²) in [6.45, 7) is 5.47. The van der Waals surface area contributed by atoms with Crippen LogP contribution >= 0.6 is 12.2 Å². The number of nitrogens with one attached hydrogen (secondary N) is 2. The summed E-state index contributed by atoms with van der Waals surface area (Å²) >= 11 is 5.68.